The number of aromatic nitrogens is 3. The summed E-state index contributed by atoms with van der Waals surface area (Å²) in [5.74, 6) is 0.763. The molecular formula is C26H18ClN3O. The van der Waals surface area contributed by atoms with Gasteiger partial charge < -0.3 is 4.42 Å². The number of rotatable bonds is 3. The van der Waals surface area contributed by atoms with Crippen LogP contribution in [0.2, 0.25) is 5.02 Å². The summed E-state index contributed by atoms with van der Waals surface area (Å²) in [6.07, 6.45) is 5.81. The minimum atomic E-state index is 0.652. The smallest absolute Gasteiger partial charge is 0.220 e. The van der Waals surface area contributed by atoms with Gasteiger partial charge in [-0.1, -0.05) is 60.7 Å². The second-order valence-electron chi connectivity index (χ2n) is 7.42. The molecule has 0 amide bonds. The second-order valence-corrected chi connectivity index (χ2v) is 7.82. The molecule has 6 rings (SSSR count). The number of allylic oxidation sites excluding steroid dienone is 1. The Balaban J connectivity index is 1.84. The monoisotopic (exact) mass is 423 g/mol. The number of hydrogen-bond donors (Lipinski definition) is 0. The fourth-order valence-electron chi connectivity index (χ4n) is 4.44. The predicted molar refractivity (Wildman–Crippen MR) is 129 cm³/mol. The zero-order chi connectivity index (χ0) is 21.1. The normalized spacial score (nSPS) is 12.2. The van der Waals surface area contributed by atoms with Crippen LogP contribution in [0.25, 0.3) is 56.6 Å². The van der Waals surface area contributed by atoms with Crippen molar-refractivity contribution >= 4 is 62.5 Å². The number of furan rings is 1. The van der Waals surface area contributed by atoms with Crippen LogP contribution in [0.1, 0.15) is 18.3 Å². The molecule has 150 valence electrons. The lowest BCUT2D eigenvalue weighted by atomic mass is 10.1. The van der Waals surface area contributed by atoms with E-state index in [-0.39, 0.29) is 0 Å². The van der Waals surface area contributed by atoms with E-state index in [0.717, 1.165) is 55.8 Å². The third-order valence-electron chi connectivity index (χ3n) is 5.70. The predicted octanol–water partition coefficient (Wildman–Crippen LogP) is 7.51. The van der Waals surface area contributed by atoms with E-state index < -0.39 is 0 Å². The molecule has 3 heterocycles. The van der Waals surface area contributed by atoms with E-state index in [1.807, 2.05) is 67.6 Å². The SMILES string of the molecule is C=Cc1c(/C=C\C)nc2n(-c3cccc4c3oc3ccccc34)c3c(Cl)cccc3n12. The zero-order valence-electron chi connectivity index (χ0n) is 16.8. The van der Waals surface area contributed by atoms with Crippen LogP contribution in [0.15, 0.2) is 77.7 Å². The van der Waals surface area contributed by atoms with Crippen molar-refractivity contribution in [3.63, 3.8) is 0 Å². The van der Waals surface area contributed by atoms with Crippen molar-refractivity contribution in [3.05, 3.63) is 89.7 Å². The number of benzene rings is 3. The number of halogens is 1. The topological polar surface area (TPSA) is 35.4 Å². The van der Waals surface area contributed by atoms with Gasteiger partial charge in [-0.15, -0.1) is 0 Å². The molecule has 0 bridgehead atoms. The summed E-state index contributed by atoms with van der Waals surface area (Å²) in [5.41, 5.74) is 6.20. The van der Waals surface area contributed by atoms with Crippen molar-refractivity contribution in [1.29, 1.82) is 0 Å². The van der Waals surface area contributed by atoms with Crippen molar-refractivity contribution in [2.75, 3.05) is 0 Å². The molecule has 0 spiro atoms. The highest BCUT2D eigenvalue weighted by Gasteiger charge is 2.22. The number of imidazole rings is 2. The first-order valence-corrected chi connectivity index (χ1v) is 10.5. The maximum absolute atomic E-state index is 6.73. The Bertz CT molecular complexity index is 1680. The van der Waals surface area contributed by atoms with Crippen LogP contribution in [0, 0.1) is 0 Å². The van der Waals surface area contributed by atoms with Crippen LogP contribution in [0.3, 0.4) is 0 Å². The van der Waals surface area contributed by atoms with E-state index in [1.54, 1.807) is 0 Å². The molecular weight excluding hydrogens is 406 g/mol. The summed E-state index contributed by atoms with van der Waals surface area (Å²) in [4.78, 5) is 4.96. The molecule has 0 aliphatic heterocycles. The van der Waals surface area contributed by atoms with Gasteiger partial charge in [0.05, 0.1) is 33.1 Å². The molecule has 6 aromatic rings. The first-order chi connectivity index (χ1) is 15.2. The standard InChI is InChI=1S/C26H18ClN3O/c1-3-9-19-20(4-2)29-21-13-8-12-18(27)24(21)30(26(29)28-19)22-14-7-11-17-16-10-5-6-15-23(16)31-25(17)22/h3-15H,2H2,1H3/b9-3-. The Kier molecular flexibility index (Phi) is 3.86. The number of fused-ring (bicyclic) bond motifs is 6. The number of nitrogens with zero attached hydrogens (tertiary/aromatic N) is 3. The third-order valence-corrected chi connectivity index (χ3v) is 6.00. The van der Waals surface area contributed by atoms with Crippen LogP contribution < -0.4 is 0 Å². The molecule has 0 aliphatic rings. The van der Waals surface area contributed by atoms with Gasteiger partial charge in [0.15, 0.2) is 5.58 Å². The summed E-state index contributed by atoms with van der Waals surface area (Å²) >= 11 is 6.73. The highest BCUT2D eigenvalue weighted by Crippen LogP contribution is 2.38. The molecule has 0 atom stereocenters. The molecule has 3 aromatic heterocycles. The molecule has 3 aromatic carbocycles. The minimum Gasteiger partial charge on any atom is -0.454 e. The maximum Gasteiger partial charge on any atom is 0.220 e. The largest absolute Gasteiger partial charge is 0.454 e. The van der Waals surface area contributed by atoms with Gasteiger partial charge in [0.25, 0.3) is 0 Å². The van der Waals surface area contributed by atoms with E-state index in [4.69, 9.17) is 21.0 Å². The van der Waals surface area contributed by atoms with Crippen molar-refractivity contribution in [2.24, 2.45) is 0 Å². The van der Waals surface area contributed by atoms with Gasteiger partial charge in [-0.2, -0.15) is 0 Å². The summed E-state index contributed by atoms with van der Waals surface area (Å²) in [6.45, 7) is 6.01. The molecule has 0 radical (unpaired) electrons. The lowest BCUT2D eigenvalue weighted by Gasteiger charge is -2.07. The molecule has 0 fully saturated rings. The van der Waals surface area contributed by atoms with E-state index in [9.17, 15) is 0 Å². The fourth-order valence-corrected chi connectivity index (χ4v) is 4.70. The molecule has 31 heavy (non-hydrogen) atoms. The van der Waals surface area contributed by atoms with Gasteiger partial charge in [0.1, 0.15) is 5.58 Å². The summed E-state index contributed by atoms with van der Waals surface area (Å²) in [6, 6.07) is 20.2. The van der Waals surface area contributed by atoms with Crippen molar-refractivity contribution in [1.82, 2.24) is 14.0 Å². The van der Waals surface area contributed by atoms with Gasteiger partial charge in [-0.25, -0.2) is 4.98 Å². The van der Waals surface area contributed by atoms with E-state index in [1.165, 1.54) is 0 Å². The number of para-hydroxylation sites is 3. The summed E-state index contributed by atoms with van der Waals surface area (Å²) in [5, 5.41) is 2.80. The third kappa shape index (κ3) is 2.39. The van der Waals surface area contributed by atoms with Gasteiger partial charge in [-0.05, 0) is 43.3 Å². The first kappa shape index (κ1) is 18.0. The fraction of sp³-hybridized carbons (Fsp3) is 0.0385. The molecule has 0 aliphatic carbocycles. The van der Waals surface area contributed by atoms with Gasteiger partial charge in [0.2, 0.25) is 5.78 Å². The molecule has 4 nitrogen and oxygen atoms in total. The van der Waals surface area contributed by atoms with Crippen molar-refractivity contribution in [3.8, 4) is 5.69 Å². The van der Waals surface area contributed by atoms with Crippen LogP contribution in [-0.4, -0.2) is 14.0 Å². The van der Waals surface area contributed by atoms with Crippen LogP contribution in [0.5, 0.6) is 0 Å². The van der Waals surface area contributed by atoms with Crippen LogP contribution >= 0.6 is 11.6 Å². The minimum absolute atomic E-state index is 0.652. The molecule has 0 unspecified atom stereocenters. The molecule has 0 saturated heterocycles. The summed E-state index contributed by atoms with van der Waals surface area (Å²) in [7, 11) is 0. The Morgan fingerprint density at radius 2 is 1.81 bits per heavy atom. The van der Waals surface area contributed by atoms with E-state index in [0.29, 0.717) is 5.02 Å². The Labute approximate surface area is 183 Å². The molecule has 5 heteroatoms. The zero-order valence-corrected chi connectivity index (χ0v) is 17.6. The van der Waals surface area contributed by atoms with Crippen LogP contribution in [0.4, 0.5) is 0 Å². The molecule has 0 saturated carbocycles. The van der Waals surface area contributed by atoms with Gasteiger partial charge >= 0.3 is 0 Å². The highest BCUT2D eigenvalue weighted by atomic mass is 35.5. The second kappa shape index (κ2) is 6.62. The Morgan fingerprint density at radius 1 is 1.00 bits per heavy atom. The quantitative estimate of drug-likeness (QED) is 0.295. The lowest BCUT2D eigenvalue weighted by molar-refractivity contribution is 0.666. The average molecular weight is 424 g/mol. The highest BCUT2D eigenvalue weighted by molar-refractivity contribution is 6.35. The van der Waals surface area contributed by atoms with Gasteiger partial charge in [0, 0.05) is 10.8 Å². The first-order valence-electron chi connectivity index (χ1n) is 10.1. The Hall–Kier alpha value is -3.76. The average Bonchev–Trinajstić information content (AvgIpc) is 3.43. The number of hydrogen-bond acceptors (Lipinski definition) is 2. The summed E-state index contributed by atoms with van der Waals surface area (Å²) < 4.78 is 10.5. The van der Waals surface area contributed by atoms with Crippen LogP contribution in [-0.2, 0) is 0 Å². The van der Waals surface area contributed by atoms with Crippen molar-refractivity contribution in [2.45, 2.75) is 6.92 Å². The van der Waals surface area contributed by atoms with Gasteiger partial charge in [-0.3, -0.25) is 8.97 Å². The van der Waals surface area contributed by atoms with E-state index in [2.05, 4.69) is 33.7 Å². The lowest BCUT2D eigenvalue weighted by Crippen LogP contribution is -1.96. The van der Waals surface area contributed by atoms with Crippen molar-refractivity contribution < 1.29 is 4.42 Å². The Morgan fingerprint density at radius 3 is 2.65 bits per heavy atom. The van der Waals surface area contributed by atoms with E-state index >= 15 is 0 Å². The molecule has 0 N–H and O–H groups in total. The maximum atomic E-state index is 6.73.